The van der Waals surface area contributed by atoms with Crippen LogP contribution in [0.3, 0.4) is 0 Å². The SMILES string of the molecule is CN(C)C[C@H](NS(=O)(=O)c1ccc(OC(F)(F)F)c([N+](=O)[O-])c1)c1cccc(C(F)(F)F)c1. The highest BCUT2D eigenvalue weighted by Crippen LogP contribution is 2.35. The molecule has 0 amide bonds. The highest BCUT2D eigenvalue weighted by molar-refractivity contribution is 7.89. The highest BCUT2D eigenvalue weighted by atomic mass is 32.2. The van der Waals surface area contributed by atoms with E-state index in [-0.39, 0.29) is 12.1 Å². The number of benzene rings is 2. The van der Waals surface area contributed by atoms with Crippen molar-refractivity contribution in [3.8, 4) is 5.75 Å². The van der Waals surface area contributed by atoms with Crippen molar-refractivity contribution in [2.24, 2.45) is 0 Å². The molecule has 2 aromatic carbocycles. The summed E-state index contributed by atoms with van der Waals surface area (Å²) in [6.07, 6.45) is -9.95. The van der Waals surface area contributed by atoms with E-state index < -0.39 is 55.4 Å². The van der Waals surface area contributed by atoms with Crippen molar-refractivity contribution in [2.45, 2.75) is 23.5 Å². The standard InChI is InChI=1S/C18H17F6N3O5S/c1-26(2)10-14(11-4-3-5-12(8-11)17(19,20)21)25-33(30,31)13-6-7-16(32-18(22,23)24)15(9-13)27(28)29/h3-9,14,25H,10H2,1-2H3/t14-/m0/s1. The van der Waals surface area contributed by atoms with E-state index in [1.807, 2.05) is 0 Å². The number of halogens is 6. The fourth-order valence-electron chi connectivity index (χ4n) is 2.78. The van der Waals surface area contributed by atoms with Gasteiger partial charge in [-0.05, 0) is 43.9 Å². The molecule has 0 radical (unpaired) electrons. The predicted octanol–water partition coefficient (Wildman–Crippen LogP) is 4.09. The van der Waals surface area contributed by atoms with Crippen LogP contribution in [-0.4, -0.2) is 45.2 Å². The van der Waals surface area contributed by atoms with Crippen LogP contribution >= 0.6 is 0 Å². The summed E-state index contributed by atoms with van der Waals surface area (Å²) in [5.41, 5.74) is -2.33. The first kappa shape index (κ1) is 26.3. The number of nitrogens with one attached hydrogen (secondary N) is 1. The number of hydrogen-bond donors (Lipinski definition) is 1. The number of hydrogen-bond acceptors (Lipinski definition) is 6. The minimum atomic E-state index is -5.26. The van der Waals surface area contributed by atoms with Crippen LogP contribution in [0.1, 0.15) is 17.2 Å². The number of nitrogens with zero attached hydrogens (tertiary/aromatic N) is 2. The molecular weight excluding hydrogens is 484 g/mol. The van der Waals surface area contributed by atoms with E-state index in [4.69, 9.17) is 0 Å². The van der Waals surface area contributed by atoms with Gasteiger partial charge in [0.05, 0.1) is 21.4 Å². The lowest BCUT2D eigenvalue weighted by Crippen LogP contribution is -2.35. The zero-order valence-corrected chi connectivity index (χ0v) is 17.8. The minimum Gasteiger partial charge on any atom is -0.398 e. The third kappa shape index (κ3) is 7.30. The van der Waals surface area contributed by atoms with Gasteiger partial charge in [0.2, 0.25) is 15.8 Å². The van der Waals surface area contributed by atoms with E-state index >= 15 is 0 Å². The van der Waals surface area contributed by atoms with Gasteiger partial charge in [-0.1, -0.05) is 12.1 Å². The van der Waals surface area contributed by atoms with Gasteiger partial charge in [0.15, 0.2) is 0 Å². The summed E-state index contributed by atoms with van der Waals surface area (Å²) in [7, 11) is -1.56. The number of sulfonamides is 1. The van der Waals surface area contributed by atoms with Crippen molar-refractivity contribution in [3.63, 3.8) is 0 Å². The Labute approximate surface area is 184 Å². The van der Waals surface area contributed by atoms with Gasteiger partial charge in [-0.15, -0.1) is 13.2 Å². The number of rotatable bonds is 8. The Morgan fingerprint density at radius 1 is 1.09 bits per heavy atom. The molecule has 0 aliphatic carbocycles. The van der Waals surface area contributed by atoms with Gasteiger partial charge in [0.1, 0.15) is 0 Å². The van der Waals surface area contributed by atoms with Crippen LogP contribution in [0.15, 0.2) is 47.4 Å². The smallest absolute Gasteiger partial charge is 0.398 e. The van der Waals surface area contributed by atoms with Gasteiger partial charge in [0, 0.05) is 12.6 Å². The van der Waals surface area contributed by atoms with Crippen molar-refractivity contribution in [1.82, 2.24) is 9.62 Å². The maximum Gasteiger partial charge on any atom is 0.573 e. The van der Waals surface area contributed by atoms with Gasteiger partial charge >= 0.3 is 18.2 Å². The monoisotopic (exact) mass is 501 g/mol. The van der Waals surface area contributed by atoms with E-state index in [9.17, 15) is 44.9 Å². The van der Waals surface area contributed by atoms with Crippen LogP contribution in [0.25, 0.3) is 0 Å². The number of ether oxygens (including phenoxy) is 1. The molecule has 0 fully saturated rings. The molecular formula is C18H17F6N3O5S. The lowest BCUT2D eigenvalue weighted by Gasteiger charge is -2.23. The Hall–Kier alpha value is -2.91. The van der Waals surface area contributed by atoms with Crippen molar-refractivity contribution in [3.05, 3.63) is 63.7 Å². The summed E-state index contributed by atoms with van der Waals surface area (Å²) in [5.74, 6) is -1.23. The summed E-state index contributed by atoms with van der Waals surface area (Å²) < 4.78 is 108. The maximum atomic E-state index is 13.1. The fraction of sp³-hybridized carbons (Fsp3) is 0.333. The lowest BCUT2D eigenvalue weighted by atomic mass is 10.0. The van der Waals surface area contributed by atoms with E-state index in [1.54, 1.807) is 0 Å². The molecule has 33 heavy (non-hydrogen) atoms. The average molecular weight is 501 g/mol. The van der Waals surface area contributed by atoms with Gasteiger partial charge < -0.3 is 9.64 Å². The van der Waals surface area contributed by atoms with E-state index in [0.717, 1.165) is 18.2 Å². The fourth-order valence-corrected chi connectivity index (χ4v) is 4.02. The molecule has 1 atom stereocenters. The molecule has 0 saturated carbocycles. The predicted molar refractivity (Wildman–Crippen MR) is 103 cm³/mol. The molecule has 1 N–H and O–H groups in total. The highest BCUT2D eigenvalue weighted by Gasteiger charge is 2.36. The Morgan fingerprint density at radius 3 is 2.24 bits per heavy atom. The second-order valence-electron chi connectivity index (χ2n) is 6.99. The van der Waals surface area contributed by atoms with Gasteiger partial charge in [-0.25, -0.2) is 13.1 Å². The second kappa shape index (κ2) is 9.52. The third-order valence-corrected chi connectivity index (χ3v) is 5.59. The summed E-state index contributed by atoms with van der Waals surface area (Å²) in [5, 5.41) is 11.1. The number of nitro benzene ring substituents is 1. The molecule has 0 heterocycles. The first-order valence-corrected chi connectivity index (χ1v) is 10.4. The Bertz CT molecular complexity index is 1120. The van der Waals surface area contributed by atoms with Gasteiger partial charge in [0.25, 0.3) is 0 Å². The number of alkyl halides is 6. The quantitative estimate of drug-likeness (QED) is 0.332. The first-order chi connectivity index (χ1) is 15.0. The molecule has 0 aliphatic rings. The molecule has 182 valence electrons. The van der Waals surface area contributed by atoms with E-state index in [0.29, 0.717) is 18.2 Å². The average Bonchev–Trinajstić information content (AvgIpc) is 2.65. The maximum absolute atomic E-state index is 13.1. The Morgan fingerprint density at radius 2 is 1.73 bits per heavy atom. The molecule has 0 saturated heterocycles. The zero-order chi connectivity index (χ0) is 25.2. The minimum absolute atomic E-state index is 0.0476. The summed E-state index contributed by atoms with van der Waals surface area (Å²) in [4.78, 5) is 10.6. The van der Waals surface area contributed by atoms with Crippen molar-refractivity contribution in [1.29, 1.82) is 0 Å². The lowest BCUT2D eigenvalue weighted by molar-refractivity contribution is -0.388. The zero-order valence-electron chi connectivity index (χ0n) is 16.9. The largest absolute Gasteiger partial charge is 0.573 e. The summed E-state index contributed by atoms with van der Waals surface area (Å²) in [6, 6.07) is 4.14. The summed E-state index contributed by atoms with van der Waals surface area (Å²) >= 11 is 0. The second-order valence-corrected chi connectivity index (χ2v) is 8.71. The number of likely N-dealkylation sites (N-methyl/N-ethyl adjacent to an activating group) is 1. The van der Waals surface area contributed by atoms with Crippen LogP contribution in [0, 0.1) is 10.1 Å². The Balaban J connectivity index is 2.47. The normalized spacial score (nSPS) is 13.7. The molecule has 2 rings (SSSR count). The third-order valence-electron chi connectivity index (χ3n) is 4.12. The summed E-state index contributed by atoms with van der Waals surface area (Å²) in [6.45, 7) is -0.0993. The van der Waals surface area contributed by atoms with Crippen LogP contribution < -0.4 is 9.46 Å². The van der Waals surface area contributed by atoms with Gasteiger partial charge in [-0.2, -0.15) is 13.2 Å². The van der Waals surface area contributed by atoms with Gasteiger partial charge in [-0.3, -0.25) is 10.1 Å². The Kier molecular flexibility index (Phi) is 7.60. The van der Waals surface area contributed by atoms with Crippen LogP contribution in [0.4, 0.5) is 32.0 Å². The van der Waals surface area contributed by atoms with Crippen molar-refractivity contribution in [2.75, 3.05) is 20.6 Å². The topological polar surface area (TPSA) is 102 Å². The molecule has 0 spiro atoms. The molecule has 0 bridgehead atoms. The molecule has 8 nitrogen and oxygen atoms in total. The van der Waals surface area contributed by atoms with Crippen LogP contribution in [0.2, 0.25) is 0 Å². The molecule has 0 unspecified atom stereocenters. The molecule has 0 aromatic heterocycles. The number of nitro groups is 1. The van der Waals surface area contributed by atoms with Crippen LogP contribution in [0.5, 0.6) is 5.75 Å². The molecule has 0 aliphatic heterocycles. The first-order valence-electron chi connectivity index (χ1n) is 8.88. The molecule has 15 heteroatoms. The van der Waals surface area contributed by atoms with E-state index in [2.05, 4.69) is 9.46 Å². The van der Waals surface area contributed by atoms with Crippen LogP contribution in [-0.2, 0) is 16.2 Å². The van der Waals surface area contributed by atoms with E-state index in [1.165, 1.54) is 25.1 Å². The van der Waals surface area contributed by atoms with Crippen molar-refractivity contribution < 1.29 is 44.4 Å². The van der Waals surface area contributed by atoms with Crippen molar-refractivity contribution >= 4 is 15.7 Å². The molecule has 2 aromatic rings.